The predicted octanol–water partition coefficient (Wildman–Crippen LogP) is 2.42. The maximum absolute atomic E-state index is 13.2. The monoisotopic (exact) mass is 287 g/mol. The molecule has 0 aromatic heterocycles. The van der Waals surface area contributed by atoms with Gasteiger partial charge in [0, 0.05) is 38.1 Å². The topological polar surface area (TPSA) is 81.6 Å². The summed E-state index contributed by atoms with van der Waals surface area (Å²) in [4.78, 5) is 12.1. The molecule has 2 rings (SSSR count). The smallest absolute Gasteiger partial charge is 0.294 e. The van der Waals surface area contributed by atoms with Crippen LogP contribution in [0.15, 0.2) is 12.1 Å². The van der Waals surface area contributed by atoms with Gasteiger partial charge in [0.1, 0.15) is 11.4 Å². The molecule has 1 aliphatic heterocycles. The van der Waals surface area contributed by atoms with E-state index in [0.717, 1.165) is 0 Å². The second kappa shape index (κ2) is 5.10. The Morgan fingerprint density at radius 3 is 2.50 bits per heavy atom. The van der Waals surface area contributed by atoms with Crippen molar-refractivity contribution >= 4 is 17.1 Å². The number of nitro benzene ring substituents is 1. The lowest BCUT2D eigenvalue weighted by molar-refractivity contribution is -0.384. The molecule has 0 amide bonds. The number of nitrogens with zero attached hydrogens (tertiary/aromatic N) is 2. The first kappa shape index (κ1) is 14.3. The number of rotatable bonds is 3. The Kier molecular flexibility index (Phi) is 3.65. The molecule has 0 radical (unpaired) electrons. The molecule has 0 unspecified atom stereocenters. The first-order chi connectivity index (χ1) is 9.34. The average Bonchev–Trinajstić information content (AvgIpc) is 2.38. The lowest BCUT2D eigenvalue weighted by Gasteiger charge is -2.33. The molecule has 0 spiro atoms. The normalized spacial score (nSPS) is 17.9. The average molecular weight is 287 g/mol. The molecule has 0 bridgehead atoms. The molecule has 0 aliphatic carbocycles. The Labute approximate surface area is 114 Å². The number of anilines is 2. The second-order valence-electron chi connectivity index (χ2n) is 4.68. The fourth-order valence-corrected chi connectivity index (χ4v) is 2.22. The summed E-state index contributed by atoms with van der Waals surface area (Å²) in [5.41, 5.74) is 5.85. The van der Waals surface area contributed by atoms with Crippen molar-refractivity contribution in [2.45, 2.75) is 18.8 Å². The zero-order chi connectivity index (χ0) is 14.9. The molecular weight excluding hydrogens is 272 g/mol. The maximum Gasteiger partial charge on any atom is 0.294 e. The van der Waals surface area contributed by atoms with E-state index in [4.69, 9.17) is 10.5 Å². The maximum atomic E-state index is 13.2. The van der Waals surface area contributed by atoms with Crippen LogP contribution < -0.4 is 15.4 Å². The van der Waals surface area contributed by atoms with Gasteiger partial charge < -0.3 is 15.4 Å². The number of methoxy groups -OCH3 is 1. The standard InChI is InChI=1S/C12H15F2N3O3/c1-20-11-7-9(10(17(18)19)6-8(11)15)16-4-2-12(13,14)3-5-16/h6-7H,2-5,15H2,1H3. The molecule has 1 heterocycles. The third-order valence-electron chi connectivity index (χ3n) is 3.36. The predicted molar refractivity (Wildman–Crippen MR) is 70.5 cm³/mol. The largest absolute Gasteiger partial charge is 0.495 e. The summed E-state index contributed by atoms with van der Waals surface area (Å²) in [5, 5.41) is 11.1. The van der Waals surface area contributed by atoms with Crippen LogP contribution in [0.1, 0.15) is 12.8 Å². The Hall–Kier alpha value is -2.12. The highest BCUT2D eigenvalue weighted by Gasteiger charge is 2.36. The molecule has 1 aliphatic rings. The number of halogens is 2. The lowest BCUT2D eigenvalue weighted by atomic mass is 10.1. The molecular formula is C12H15F2N3O3. The van der Waals surface area contributed by atoms with Gasteiger partial charge in [0.2, 0.25) is 0 Å². The summed E-state index contributed by atoms with van der Waals surface area (Å²) in [5.74, 6) is -2.41. The molecule has 8 heteroatoms. The van der Waals surface area contributed by atoms with E-state index in [1.165, 1.54) is 19.2 Å². The van der Waals surface area contributed by atoms with Gasteiger partial charge in [-0.05, 0) is 0 Å². The van der Waals surface area contributed by atoms with Crippen LogP contribution in [0.4, 0.5) is 25.8 Å². The Morgan fingerprint density at radius 1 is 1.40 bits per heavy atom. The number of nitrogen functional groups attached to an aromatic ring is 1. The first-order valence-corrected chi connectivity index (χ1v) is 6.09. The van der Waals surface area contributed by atoms with Crippen molar-refractivity contribution in [2.75, 3.05) is 30.8 Å². The van der Waals surface area contributed by atoms with Gasteiger partial charge in [0.05, 0.1) is 17.7 Å². The van der Waals surface area contributed by atoms with E-state index in [-0.39, 0.29) is 43.0 Å². The number of nitro groups is 1. The number of alkyl halides is 2. The molecule has 20 heavy (non-hydrogen) atoms. The van der Waals surface area contributed by atoms with E-state index in [1.807, 2.05) is 0 Å². The van der Waals surface area contributed by atoms with Crippen LogP contribution in [0, 0.1) is 10.1 Å². The summed E-state index contributed by atoms with van der Waals surface area (Å²) in [6, 6.07) is 2.62. The fourth-order valence-electron chi connectivity index (χ4n) is 2.22. The van der Waals surface area contributed by atoms with Crippen LogP contribution in [0.3, 0.4) is 0 Å². The summed E-state index contributed by atoms with van der Waals surface area (Å²) in [6.07, 6.45) is -0.645. The zero-order valence-corrected chi connectivity index (χ0v) is 10.9. The van der Waals surface area contributed by atoms with Gasteiger partial charge in [-0.2, -0.15) is 0 Å². The molecule has 1 aromatic rings. The van der Waals surface area contributed by atoms with Gasteiger partial charge in [-0.3, -0.25) is 10.1 Å². The molecule has 110 valence electrons. The van der Waals surface area contributed by atoms with Crippen molar-refractivity contribution in [1.82, 2.24) is 0 Å². The Bertz CT molecular complexity index is 527. The van der Waals surface area contributed by atoms with Crippen molar-refractivity contribution in [3.05, 3.63) is 22.2 Å². The third-order valence-corrected chi connectivity index (χ3v) is 3.36. The number of hydrogen-bond donors (Lipinski definition) is 1. The van der Waals surface area contributed by atoms with Gasteiger partial charge in [0.25, 0.3) is 11.6 Å². The molecule has 1 saturated heterocycles. The van der Waals surface area contributed by atoms with E-state index < -0.39 is 10.8 Å². The quantitative estimate of drug-likeness (QED) is 0.524. The van der Waals surface area contributed by atoms with Crippen LogP contribution in [-0.4, -0.2) is 31.0 Å². The van der Waals surface area contributed by atoms with Crippen LogP contribution in [0.5, 0.6) is 5.75 Å². The highest BCUT2D eigenvalue weighted by molar-refractivity contribution is 5.73. The number of hydrogen-bond acceptors (Lipinski definition) is 5. The number of nitrogens with two attached hydrogens (primary N) is 1. The first-order valence-electron chi connectivity index (χ1n) is 6.09. The fraction of sp³-hybridized carbons (Fsp3) is 0.500. The van der Waals surface area contributed by atoms with Crippen LogP contribution >= 0.6 is 0 Å². The van der Waals surface area contributed by atoms with Gasteiger partial charge in [-0.15, -0.1) is 0 Å². The van der Waals surface area contributed by atoms with Crippen molar-refractivity contribution in [3.8, 4) is 5.75 Å². The van der Waals surface area contributed by atoms with E-state index >= 15 is 0 Å². The van der Waals surface area contributed by atoms with Crippen molar-refractivity contribution < 1.29 is 18.4 Å². The minimum atomic E-state index is -2.71. The minimum Gasteiger partial charge on any atom is -0.495 e. The second-order valence-corrected chi connectivity index (χ2v) is 4.68. The molecule has 0 atom stereocenters. The van der Waals surface area contributed by atoms with Gasteiger partial charge in [-0.25, -0.2) is 8.78 Å². The molecule has 1 fully saturated rings. The third kappa shape index (κ3) is 2.73. The van der Waals surface area contributed by atoms with Crippen molar-refractivity contribution in [2.24, 2.45) is 0 Å². The van der Waals surface area contributed by atoms with Crippen molar-refractivity contribution in [1.29, 1.82) is 0 Å². The number of piperidine rings is 1. The SMILES string of the molecule is COc1cc(N2CCC(F)(F)CC2)c([N+](=O)[O-])cc1N. The van der Waals surface area contributed by atoms with Crippen LogP contribution in [-0.2, 0) is 0 Å². The van der Waals surface area contributed by atoms with Gasteiger partial charge in [0.15, 0.2) is 0 Å². The minimum absolute atomic E-state index is 0.0565. The molecule has 0 saturated carbocycles. The summed E-state index contributed by atoms with van der Waals surface area (Å²) >= 11 is 0. The Balaban J connectivity index is 2.37. The summed E-state index contributed by atoms with van der Waals surface area (Å²) < 4.78 is 31.3. The van der Waals surface area contributed by atoms with Crippen LogP contribution in [0.25, 0.3) is 0 Å². The van der Waals surface area contributed by atoms with E-state index in [0.29, 0.717) is 5.75 Å². The van der Waals surface area contributed by atoms with E-state index in [2.05, 4.69) is 0 Å². The number of ether oxygens (including phenoxy) is 1. The van der Waals surface area contributed by atoms with Gasteiger partial charge >= 0.3 is 0 Å². The zero-order valence-electron chi connectivity index (χ0n) is 10.9. The van der Waals surface area contributed by atoms with Crippen LogP contribution in [0.2, 0.25) is 0 Å². The lowest BCUT2D eigenvalue weighted by Crippen LogP contribution is -2.39. The molecule has 6 nitrogen and oxygen atoms in total. The van der Waals surface area contributed by atoms with E-state index in [1.54, 1.807) is 4.90 Å². The van der Waals surface area contributed by atoms with Crippen molar-refractivity contribution in [3.63, 3.8) is 0 Å². The van der Waals surface area contributed by atoms with E-state index in [9.17, 15) is 18.9 Å². The number of benzene rings is 1. The molecule has 2 N–H and O–H groups in total. The summed E-state index contributed by atoms with van der Waals surface area (Å²) in [6.45, 7) is 0.113. The van der Waals surface area contributed by atoms with Gasteiger partial charge in [-0.1, -0.05) is 0 Å². The molecule has 1 aromatic carbocycles. The summed E-state index contributed by atoms with van der Waals surface area (Å²) in [7, 11) is 1.39. The Morgan fingerprint density at radius 2 is 2.00 bits per heavy atom. The highest BCUT2D eigenvalue weighted by Crippen LogP contribution is 2.39. The highest BCUT2D eigenvalue weighted by atomic mass is 19.3.